The summed E-state index contributed by atoms with van der Waals surface area (Å²) in [6, 6.07) is 9.29. The van der Waals surface area contributed by atoms with E-state index in [0.29, 0.717) is 24.2 Å². The summed E-state index contributed by atoms with van der Waals surface area (Å²) < 4.78 is 1.93. The van der Waals surface area contributed by atoms with Crippen LogP contribution in [0.25, 0.3) is 0 Å². The Labute approximate surface area is 166 Å². The van der Waals surface area contributed by atoms with Gasteiger partial charge in [-0.15, -0.1) is 12.4 Å². The lowest BCUT2D eigenvalue weighted by atomic mass is 10.1. The number of piperidine rings is 1. The van der Waals surface area contributed by atoms with Crippen LogP contribution in [0.3, 0.4) is 0 Å². The van der Waals surface area contributed by atoms with Crippen molar-refractivity contribution in [1.82, 2.24) is 20.0 Å². The Morgan fingerprint density at radius 3 is 2.85 bits per heavy atom. The van der Waals surface area contributed by atoms with Crippen molar-refractivity contribution in [3.05, 3.63) is 47.8 Å². The van der Waals surface area contributed by atoms with Gasteiger partial charge in [0.15, 0.2) is 0 Å². The second-order valence-electron chi connectivity index (χ2n) is 7.48. The van der Waals surface area contributed by atoms with Crippen molar-refractivity contribution in [1.29, 1.82) is 0 Å². The molecule has 2 aliphatic rings. The van der Waals surface area contributed by atoms with Crippen molar-refractivity contribution in [3.63, 3.8) is 0 Å². The van der Waals surface area contributed by atoms with Gasteiger partial charge in [-0.3, -0.25) is 9.48 Å². The molecule has 1 saturated heterocycles. The Hall–Kier alpha value is -2.05. The van der Waals surface area contributed by atoms with Crippen LogP contribution in [0.15, 0.2) is 36.5 Å². The van der Waals surface area contributed by atoms with Crippen LogP contribution < -0.4 is 5.32 Å². The summed E-state index contributed by atoms with van der Waals surface area (Å²) in [4.78, 5) is 14.9. The summed E-state index contributed by atoms with van der Waals surface area (Å²) in [5.74, 6) is 0.805. The molecule has 1 aromatic heterocycles. The Morgan fingerprint density at radius 2 is 2.15 bits per heavy atom. The molecule has 1 aliphatic heterocycles. The summed E-state index contributed by atoms with van der Waals surface area (Å²) in [5.41, 5.74) is 1.45. The molecule has 2 N–H and O–H groups in total. The number of nitrogens with zero attached hydrogens (tertiary/aromatic N) is 3. The van der Waals surface area contributed by atoms with Crippen molar-refractivity contribution < 1.29 is 9.90 Å². The SMILES string of the molecule is Cl.O=C(c1ccn(C2CCCNC2)n1)N(Cc1cccc(O)c1)CC1CC1. The van der Waals surface area contributed by atoms with Gasteiger partial charge in [-0.05, 0) is 61.9 Å². The molecular formula is C20H27ClN4O2. The van der Waals surface area contributed by atoms with E-state index in [-0.39, 0.29) is 24.1 Å². The van der Waals surface area contributed by atoms with E-state index in [1.165, 1.54) is 12.8 Å². The van der Waals surface area contributed by atoms with Gasteiger partial charge in [-0.25, -0.2) is 0 Å². The predicted octanol–water partition coefficient (Wildman–Crippen LogP) is 2.99. The normalized spacial score (nSPS) is 19.3. The van der Waals surface area contributed by atoms with Crippen molar-refractivity contribution in [2.45, 2.75) is 38.3 Å². The first-order chi connectivity index (χ1) is 12.7. The summed E-state index contributed by atoms with van der Waals surface area (Å²) >= 11 is 0. The fraction of sp³-hybridized carbons (Fsp3) is 0.500. The maximum atomic E-state index is 13.1. The van der Waals surface area contributed by atoms with Gasteiger partial charge in [0.25, 0.3) is 5.91 Å². The minimum atomic E-state index is -0.0252. The van der Waals surface area contributed by atoms with Crippen LogP contribution in [0, 0.1) is 5.92 Å². The number of carbonyl (C=O) groups is 1. The number of phenolic OH excluding ortho intramolecular Hbond substituents is 1. The topological polar surface area (TPSA) is 70.4 Å². The van der Waals surface area contributed by atoms with E-state index in [4.69, 9.17) is 0 Å². The molecule has 0 radical (unpaired) electrons. The molecule has 2 fully saturated rings. The molecular weight excluding hydrogens is 364 g/mol. The van der Waals surface area contributed by atoms with Gasteiger partial charge in [-0.1, -0.05) is 12.1 Å². The molecule has 1 unspecified atom stereocenters. The molecule has 1 atom stereocenters. The molecule has 4 rings (SSSR count). The van der Waals surface area contributed by atoms with E-state index in [9.17, 15) is 9.90 Å². The minimum Gasteiger partial charge on any atom is -0.508 e. The van der Waals surface area contributed by atoms with E-state index >= 15 is 0 Å². The first-order valence-corrected chi connectivity index (χ1v) is 9.52. The van der Waals surface area contributed by atoms with E-state index < -0.39 is 0 Å². The van der Waals surface area contributed by atoms with Gasteiger partial charge in [-0.2, -0.15) is 5.10 Å². The molecule has 1 saturated carbocycles. The third-order valence-corrected chi connectivity index (χ3v) is 5.22. The Bertz CT molecular complexity index is 769. The van der Waals surface area contributed by atoms with E-state index in [1.54, 1.807) is 12.1 Å². The molecule has 146 valence electrons. The zero-order valence-corrected chi connectivity index (χ0v) is 16.2. The predicted molar refractivity (Wildman–Crippen MR) is 106 cm³/mol. The fourth-order valence-corrected chi connectivity index (χ4v) is 3.58. The monoisotopic (exact) mass is 390 g/mol. The maximum Gasteiger partial charge on any atom is 0.274 e. The number of nitrogens with one attached hydrogen (secondary N) is 1. The Balaban J connectivity index is 0.00000210. The largest absolute Gasteiger partial charge is 0.508 e. The number of aromatic hydroxyl groups is 1. The molecule has 27 heavy (non-hydrogen) atoms. The molecule has 0 spiro atoms. The maximum absolute atomic E-state index is 13.1. The van der Waals surface area contributed by atoms with E-state index in [2.05, 4.69) is 10.4 Å². The Kier molecular flexibility index (Phi) is 6.39. The van der Waals surface area contributed by atoms with Crippen LogP contribution in [0.1, 0.15) is 47.8 Å². The zero-order chi connectivity index (χ0) is 17.9. The van der Waals surface area contributed by atoms with Gasteiger partial charge in [0.05, 0.1) is 6.04 Å². The highest BCUT2D eigenvalue weighted by Crippen LogP contribution is 2.31. The van der Waals surface area contributed by atoms with Gasteiger partial charge >= 0.3 is 0 Å². The highest BCUT2D eigenvalue weighted by atomic mass is 35.5. The average molecular weight is 391 g/mol. The quantitative estimate of drug-likeness (QED) is 0.795. The van der Waals surface area contributed by atoms with Crippen molar-refractivity contribution in [2.75, 3.05) is 19.6 Å². The van der Waals surface area contributed by atoms with Crippen LogP contribution in [-0.2, 0) is 6.54 Å². The lowest BCUT2D eigenvalue weighted by Crippen LogP contribution is -2.34. The third-order valence-electron chi connectivity index (χ3n) is 5.22. The number of aromatic nitrogens is 2. The zero-order valence-electron chi connectivity index (χ0n) is 15.4. The molecule has 1 aliphatic carbocycles. The molecule has 2 aromatic rings. The number of rotatable bonds is 6. The number of phenols is 1. The van der Waals surface area contributed by atoms with E-state index in [0.717, 1.165) is 38.0 Å². The minimum absolute atomic E-state index is 0. The van der Waals surface area contributed by atoms with Crippen molar-refractivity contribution in [3.8, 4) is 5.75 Å². The lowest BCUT2D eigenvalue weighted by Gasteiger charge is -2.23. The molecule has 1 amide bonds. The van der Waals surface area contributed by atoms with Gasteiger partial charge in [0, 0.05) is 25.8 Å². The van der Waals surface area contributed by atoms with Crippen LogP contribution in [-0.4, -0.2) is 45.3 Å². The number of carbonyl (C=O) groups excluding carboxylic acids is 1. The number of amides is 1. The third kappa shape index (κ3) is 5.02. The van der Waals surface area contributed by atoms with Gasteiger partial charge in [0.1, 0.15) is 11.4 Å². The number of halogens is 1. The number of hydrogen-bond acceptors (Lipinski definition) is 4. The Morgan fingerprint density at radius 1 is 1.30 bits per heavy atom. The molecule has 6 nitrogen and oxygen atoms in total. The second kappa shape index (κ2) is 8.76. The molecule has 2 heterocycles. The average Bonchev–Trinajstić information content (AvgIpc) is 3.33. The van der Waals surface area contributed by atoms with Crippen LogP contribution >= 0.6 is 12.4 Å². The molecule has 1 aromatic carbocycles. The van der Waals surface area contributed by atoms with Crippen LogP contribution in [0.5, 0.6) is 5.75 Å². The highest BCUT2D eigenvalue weighted by molar-refractivity contribution is 5.92. The molecule has 7 heteroatoms. The summed E-state index contributed by atoms with van der Waals surface area (Å²) in [5, 5.41) is 17.7. The van der Waals surface area contributed by atoms with E-state index in [1.807, 2.05) is 34.0 Å². The van der Waals surface area contributed by atoms with Crippen molar-refractivity contribution in [2.24, 2.45) is 5.92 Å². The first-order valence-electron chi connectivity index (χ1n) is 9.52. The lowest BCUT2D eigenvalue weighted by molar-refractivity contribution is 0.0727. The van der Waals surface area contributed by atoms with Gasteiger partial charge in [0.2, 0.25) is 0 Å². The van der Waals surface area contributed by atoms with Crippen molar-refractivity contribution >= 4 is 18.3 Å². The smallest absolute Gasteiger partial charge is 0.274 e. The highest BCUT2D eigenvalue weighted by Gasteiger charge is 2.28. The first kappa shape index (κ1) is 19.7. The summed E-state index contributed by atoms with van der Waals surface area (Å²) in [6.07, 6.45) is 6.53. The van der Waals surface area contributed by atoms with Crippen LogP contribution in [0.4, 0.5) is 0 Å². The summed E-state index contributed by atoms with van der Waals surface area (Å²) in [6.45, 7) is 3.22. The van der Waals surface area contributed by atoms with Gasteiger partial charge < -0.3 is 15.3 Å². The molecule has 0 bridgehead atoms. The number of benzene rings is 1. The fourth-order valence-electron chi connectivity index (χ4n) is 3.58. The van der Waals surface area contributed by atoms with Crippen LogP contribution in [0.2, 0.25) is 0 Å². The number of hydrogen-bond donors (Lipinski definition) is 2. The standard InChI is InChI=1S/C20H26N4O2.ClH/c25-18-5-1-3-16(11-18)14-23(13-15-6-7-15)20(26)19-8-10-24(22-19)17-4-2-9-21-12-17;/h1,3,5,8,10-11,15,17,21,25H,2,4,6-7,9,12-14H2;1H. The summed E-state index contributed by atoms with van der Waals surface area (Å²) in [7, 11) is 0. The second-order valence-corrected chi connectivity index (χ2v) is 7.48.